The second-order valence-electron chi connectivity index (χ2n) is 18.6. The normalized spacial score (nSPS) is 43.4. The summed E-state index contributed by atoms with van der Waals surface area (Å²) in [4.78, 5) is 38.0. The van der Waals surface area contributed by atoms with Crippen LogP contribution in [0, 0.1) is 45.3 Å². The molecule has 1 N–H and O–H groups in total. The van der Waals surface area contributed by atoms with Crippen LogP contribution < -0.4 is 0 Å². The largest absolute Gasteiger partial charge is 0.465 e. The molecule has 274 valence electrons. The van der Waals surface area contributed by atoms with Crippen molar-refractivity contribution in [2.75, 3.05) is 6.61 Å². The molecule has 4 saturated carbocycles. The zero-order valence-corrected chi connectivity index (χ0v) is 31.7. The lowest BCUT2D eigenvalue weighted by Gasteiger charge is -2.70. The maximum absolute atomic E-state index is 13.0. The van der Waals surface area contributed by atoms with Gasteiger partial charge in [0.15, 0.2) is 0 Å². The number of unbranched alkanes of at least 4 members (excludes halogenated alkanes) is 2. The monoisotopic (exact) mass is 674 g/mol. The summed E-state index contributed by atoms with van der Waals surface area (Å²) in [5.74, 6) is -0.148. The highest BCUT2D eigenvalue weighted by atomic mass is 16.6. The van der Waals surface area contributed by atoms with Gasteiger partial charge >= 0.3 is 17.9 Å². The van der Waals surface area contributed by atoms with Crippen LogP contribution in [0.1, 0.15) is 153 Å². The van der Waals surface area contributed by atoms with E-state index in [1.165, 1.54) is 0 Å². The van der Waals surface area contributed by atoms with Crippen molar-refractivity contribution in [3.05, 3.63) is 0 Å². The minimum atomic E-state index is -0.900. The first kappa shape index (κ1) is 37.6. The average molecular weight is 675 g/mol. The predicted molar refractivity (Wildman–Crippen MR) is 184 cm³/mol. The Bertz CT molecular complexity index is 1220. The van der Waals surface area contributed by atoms with Crippen molar-refractivity contribution in [2.24, 2.45) is 45.3 Å². The van der Waals surface area contributed by atoms with Gasteiger partial charge in [0.25, 0.3) is 0 Å². The Balaban J connectivity index is 1.37. The summed E-state index contributed by atoms with van der Waals surface area (Å²) in [6.07, 6.45) is 10.3. The van der Waals surface area contributed by atoms with Gasteiger partial charge in [-0.05, 0) is 119 Å². The van der Waals surface area contributed by atoms with E-state index in [2.05, 4.69) is 48.5 Å². The summed E-state index contributed by atoms with van der Waals surface area (Å²) in [5, 5.41) is 10.8. The number of ether oxygens (including phenoxy) is 4. The second kappa shape index (κ2) is 13.1. The fourth-order valence-electron chi connectivity index (χ4n) is 12.5. The van der Waals surface area contributed by atoms with E-state index in [9.17, 15) is 19.5 Å². The van der Waals surface area contributed by atoms with Crippen molar-refractivity contribution >= 4 is 17.9 Å². The molecule has 0 spiro atoms. The zero-order valence-electron chi connectivity index (χ0n) is 31.7. The topological polar surface area (TPSA) is 108 Å². The van der Waals surface area contributed by atoms with Crippen LogP contribution >= 0.6 is 0 Å². The molecule has 1 saturated heterocycles. The van der Waals surface area contributed by atoms with E-state index in [1.807, 2.05) is 13.8 Å². The molecule has 0 aromatic heterocycles. The minimum Gasteiger partial charge on any atom is -0.465 e. The molecule has 0 radical (unpaired) electrons. The van der Waals surface area contributed by atoms with Gasteiger partial charge in [-0.15, -0.1) is 0 Å². The average Bonchev–Trinajstić information content (AvgIpc) is 3.56. The van der Waals surface area contributed by atoms with Gasteiger partial charge in [0.1, 0.15) is 18.6 Å². The fraction of sp³-hybridized carbons (Fsp3) is 0.925. The summed E-state index contributed by atoms with van der Waals surface area (Å²) in [6.45, 7) is 21.9. The standard InChI is InChI=1S/C40H66O8/c1-11-12-13-22-45-32(42)24-33(43)47-30-16-18-37(7)28(35(30,3)4)15-20-38(8)29(37)23-27(46-25(2)41)34-26(14-19-39(34,38)9)40(10)21-17-31(48-40)36(5,6)44/h26-31,34,44H,11-24H2,1-10H3/t26-,27+,28-,29+,30+,31+,34-,37-,38+,39+,40-/m0/s1. The Morgan fingerprint density at radius 3 is 2.15 bits per heavy atom. The summed E-state index contributed by atoms with van der Waals surface area (Å²) < 4.78 is 24.5. The molecule has 0 aromatic carbocycles. The zero-order chi connectivity index (χ0) is 35.5. The van der Waals surface area contributed by atoms with E-state index >= 15 is 0 Å². The second-order valence-corrected chi connectivity index (χ2v) is 18.6. The Morgan fingerprint density at radius 2 is 1.52 bits per heavy atom. The smallest absolute Gasteiger partial charge is 0.317 e. The first-order valence-corrected chi connectivity index (χ1v) is 19.2. The molecule has 5 aliphatic rings. The van der Waals surface area contributed by atoms with Gasteiger partial charge in [-0.1, -0.05) is 54.4 Å². The molecule has 48 heavy (non-hydrogen) atoms. The van der Waals surface area contributed by atoms with Gasteiger partial charge in [-0.3, -0.25) is 14.4 Å². The van der Waals surface area contributed by atoms with Gasteiger partial charge in [-0.2, -0.15) is 0 Å². The van der Waals surface area contributed by atoms with Crippen molar-refractivity contribution in [3.8, 4) is 0 Å². The predicted octanol–water partition coefficient (Wildman–Crippen LogP) is 7.96. The van der Waals surface area contributed by atoms with E-state index in [-0.39, 0.29) is 69.8 Å². The number of hydrogen-bond acceptors (Lipinski definition) is 8. The highest BCUT2D eigenvalue weighted by Gasteiger charge is 2.72. The van der Waals surface area contributed by atoms with Crippen LogP contribution in [-0.2, 0) is 33.3 Å². The van der Waals surface area contributed by atoms with Crippen molar-refractivity contribution < 1.29 is 38.4 Å². The van der Waals surface area contributed by atoms with Gasteiger partial charge in [-0.25, -0.2) is 0 Å². The molecule has 0 aromatic rings. The van der Waals surface area contributed by atoms with Gasteiger partial charge in [0.2, 0.25) is 0 Å². The molecule has 1 heterocycles. The van der Waals surface area contributed by atoms with Crippen LogP contribution in [0.2, 0.25) is 0 Å². The molecule has 4 aliphatic carbocycles. The molecule has 5 fully saturated rings. The van der Waals surface area contributed by atoms with E-state index in [4.69, 9.17) is 18.9 Å². The Labute approximate surface area is 290 Å². The van der Waals surface area contributed by atoms with E-state index < -0.39 is 17.5 Å². The molecule has 0 amide bonds. The lowest BCUT2D eigenvalue weighted by molar-refractivity contribution is -0.254. The molecule has 1 aliphatic heterocycles. The molecule has 11 atom stereocenters. The molecule has 5 rings (SSSR count). The Hall–Kier alpha value is -1.67. The van der Waals surface area contributed by atoms with E-state index in [0.29, 0.717) is 18.4 Å². The number of carbonyl (C=O) groups excluding carboxylic acids is 3. The molecule has 0 unspecified atom stereocenters. The first-order valence-electron chi connectivity index (χ1n) is 19.2. The molecular formula is C40H66O8. The van der Waals surface area contributed by atoms with Crippen LogP contribution in [0.15, 0.2) is 0 Å². The third-order valence-corrected chi connectivity index (χ3v) is 15.1. The molecular weight excluding hydrogens is 608 g/mol. The summed E-state index contributed by atoms with van der Waals surface area (Å²) in [6, 6.07) is 0. The van der Waals surface area contributed by atoms with E-state index in [1.54, 1.807) is 6.92 Å². The van der Waals surface area contributed by atoms with Crippen molar-refractivity contribution in [2.45, 2.75) is 182 Å². The fourth-order valence-corrected chi connectivity index (χ4v) is 12.5. The lowest BCUT2D eigenvalue weighted by atomic mass is 9.35. The van der Waals surface area contributed by atoms with Crippen LogP contribution in [0.3, 0.4) is 0 Å². The highest BCUT2D eigenvalue weighted by molar-refractivity contribution is 5.91. The number of esters is 3. The van der Waals surface area contributed by atoms with Crippen molar-refractivity contribution in [1.82, 2.24) is 0 Å². The molecule has 0 bridgehead atoms. The quantitative estimate of drug-likeness (QED) is 0.108. The van der Waals surface area contributed by atoms with Crippen LogP contribution in [0.25, 0.3) is 0 Å². The molecule has 8 heteroatoms. The van der Waals surface area contributed by atoms with Crippen molar-refractivity contribution in [3.63, 3.8) is 0 Å². The number of carbonyl (C=O) groups is 3. The van der Waals surface area contributed by atoms with Crippen LogP contribution in [0.4, 0.5) is 0 Å². The summed E-state index contributed by atoms with van der Waals surface area (Å²) >= 11 is 0. The maximum Gasteiger partial charge on any atom is 0.317 e. The van der Waals surface area contributed by atoms with Gasteiger partial charge < -0.3 is 24.1 Å². The Morgan fingerprint density at radius 1 is 0.833 bits per heavy atom. The third-order valence-electron chi connectivity index (χ3n) is 15.1. The number of hydrogen-bond donors (Lipinski definition) is 1. The van der Waals surface area contributed by atoms with Gasteiger partial charge in [0, 0.05) is 18.3 Å². The molecule has 8 nitrogen and oxygen atoms in total. The lowest BCUT2D eigenvalue weighted by Crippen LogP contribution is -2.67. The first-order chi connectivity index (χ1) is 22.2. The van der Waals surface area contributed by atoms with Gasteiger partial charge in [0.05, 0.1) is 23.9 Å². The third kappa shape index (κ3) is 6.37. The van der Waals surface area contributed by atoms with Crippen LogP contribution in [-0.4, -0.2) is 59.1 Å². The number of rotatable bonds is 10. The number of aliphatic hydroxyl groups is 1. The number of fused-ring (bicyclic) bond motifs is 5. The minimum absolute atomic E-state index is 0.0259. The maximum atomic E-state index is 13.0. The summed E-state index contributed by atoms with van der Waals surface area (Å²) in [7, 11) is 0. The highest BCUT2D eigenvalue weighted by Crippen LogP contribution is 2.76. The van der Waals surface area contributed by atoms with E-state index in [0.717, 1.165) is 77.0 Å². The Kier molecular flexibility index (Phi) is 10.3. The SMILES string of the molecule is CCCCCOC(=O)CC(=O)O[C@@H]1CC[C@]2(C)[C@H]3C[C@@H](OC(C)=O)[C@@H]4[C@@H]([C@]5(C)CC[C@H](C(C)(C)O)O5)CC[C@@]4(C)[C@]3(C)CC[C@H]2C1(C)C. The summed E-state index contributed by atoms with van der Waals surface area (Å²) in [5.41, 5.74) is -1.58. The van der Waals surface area contributed by atoms with Crippen LogP contribution in [0.5, 0.6) is 0 Å². The van der Waals surface area contributed by atoms with Crippen molar-refractivity contribution in [1.29, 1.82) is 0 Å².